The molecule has 2 aromatic carbocycles. The predicted molar refractivity (Wildman–Crippen MR) is 85.3 cm³/mol. The summed E-state index contributed by atoms with van der Waals surface area (Å²) in [5, 5.41) is 9.08. The van der Waals surface area contributed by atoms with Gasteiger partial charge in [0.2, 0.25) is 0 Å². The number of nitrogens with two attached hydrogens (primary N) is 1. The number of hydrogen-bond donors (Lipinski definition) is 2. The molecule has 7 heteroatoms. The Morgan fingerprint density at radius 3 is 2.57 bits per heavy atom. The smallest absolute Gasteiger partial charge is 0.262 e. The van der Waals surface area contributed by atoms with Crippen LogP contribution >= 0.6 is 15.9 Å². The lowest BCUT2D eigenvalue weighted by Gasteiger charge is -2.12. The van der Waals surface area contributed by atoms with Gasteiger partial charge in [-0.2, -0.15) is 5.26 Å². The second-order valence-corrected chi connectivity index (χ2v) is 7.00. The zero-order valence-electron chi connectivity index (χ0n) is 11.1. The van der Waals surface area contributed by atoms with Crippen molar-refractivity contribution in [3.8, 4) is 6.07 Å². The van der Waals surface area contributed by atoms with E-state index in [1.54, 1.807) is 25.1 Å². The van der Waals surface area contributed by atoms with Gasteiger partial charge in [-0.05, 0) is 48.9 Å². The molecule has 5 nitrogen and oxygen atoms in total. The van der Waals surface area contributed by atoms with Crippen molar-refractivity contribution in [2.24, 2.45) is 0 Å². The van der Waals surface area contributed by atoms with Gasteiger partial charge in [0, 0.05) is 10.2 Å². The van der Waals surface area contributed by atoms with Gasteiger partial charge in [0.15, 0.2) is 0 Å². The summed E-state index contributed by atoms with van der Waals surface area (Å²) in [5.74, 6) is 0. The lowest BCUT2D eigenvalue weighted by Crippen LogP contribution is -2.15. The Kier molecular flexibility index (Phi) is 4.21. The summed E-state index contributed by atoms with van der Waals surface area (Å²) in [6.45, 7) is 1.66. The average molecular weight is 366 g/mol. The van der Waals surface area contributed by atoms with Gasteiger partial charge in [0.25, 0.3) is 10.0 Å². The summed E-state index contributed by atoms with van der Waals surface area (Å²) in [4.78, 5) is 0.128. The van der Waals surface area contributed by atoms with Crippen molar-refractivity contribution in [3.05, 3.63) is 52.0 Å². The monoisotopic (exact) mass is 365 g/mol. The summed E-state index contributed by atoms with van der Waals surface area (Å²) in [6, 6.07) is 11.3. The molecular weight excluding hydrogens is 354 g/mol. The van der Waals surface area contributed by atoms with Crippen LogP contribution in [0.3, 0.4) is 0 Å². The molecule has 0 fully saturated rings. The van der Waals surface area contributed by atoms with E-state index in [9.17, 15) is 8.42 Å². The lowest BCUT2D eigenvalue weighted by atomic mass is 10.2. The number of anilines is 2. The van der Waals surface area contributed by atoms with E-state index in [-0.39, 0.29) is 16.1 Å². The second-order valence-electron chi connectivity index (χ2n) is 4.43. The number of nitrogens with zero attached hydrogens (tertiary/aromatic N) is 1. The first-order valence-electron chi connectivity index (χ1n) is 5.92. The van der Waals surface area contributed by atoms with Crippen molar-refractivity contribution in [1.29, 1.82) is 5.26 Å². The van der Waals surface area contributed by atoms with Crippen LogP contribution in [0, 0.1) is 18.3 Å². The van der Waals surface area contributed by atoms with Crippen molar-refractivity contribution >= 4 is 37.3 Å². The Bertz CT molecular complexity index is 842. The molecule has 0 aliphatic rings. The first-order valence-corrected chi connectivity index (χ1v) is 8.20. The number of benzene rings is 2. The third-order valence-corrected chi connectivity index (χ3v) is 4.85. The van der Waals surface area contributed by atoms with E-state index in [0.717, 1.165) is 0 Å². The van der Waals surface area contributed by atoms with Gasteiger partial charge in [0.1, 0.15) is 6.07 Å². The Hall–Kier alpha value is -2.04. The number of aryl methyl sites for hydroxylation is 1. The fourth-order valence-corrected chi connectivity index (χ4v) is 3.54. The topological polar surface area (TPSA) is 96.0 Å². The van der Waals surface area contributed by atoms with E-state index >= 15 is 0 Å². The van der Waals surface area contributed by atoms with Crippen molar-refractivity contribution in [1.82, 2.24) is 0 Å². The lowest BCUT2D eigenvalue weighted by molar-refractivity contribution is 0.600. The van der Waals surface area contributed by atoms with Crippen LogP contribution in [0.5, 0.6) is 0 Å². The number of nitrogens with one attached hydrogen (secondary N) is 1. The highest BCUT2D eigenvalue weighted by molar-refractivity contribution is 9.10. The Morgan fingerprint density at radius 1 is 1.24 bits per heavy atom. The average Bonchev–Trinajstić information content (AvgIpc) is 2.40. The van der Waals surface area contributed by atoms with E-state index in [1.807, 2.05) is 6.07 Å². The van der Waals surface area contributed by atoms with E-state index in [4.69, 9.17) is 11.0 Å². The van der Waals surface area contributed by atoms with Gasteiger partial charge in [-0.25, -0.2) is 8.42 Å². The van der Waals surface area contributed by atoms with Crippen molar-refractivity contribution < 1.29 is 8.42 Å². The third kappa shape index (κ3) is 3.35. The Balaban J connectivity index is 2.45. The van der Waals surface area contributed by atoms with Gasteiger partial charge in [-0.1, -0.05) is 15.9 Å². The van der Waals surface area contributed by atoms with Crippen LogP contribution < -0.4 is 10.5 Å². The molecule has 0 saturated carbocycles. The minimum Gasteiger partial charge on any atom is -0.399 e. The maximum atomic E-state index is 12.4. The first-order chi connectivity index (χ1) is 9.83. The van der Waals surface area contributed by atoms with Crippen LogP contribution in [0.4, 0.5) is 11.4 Å². The molecule has 0 heterocycles. The highest BCUT2D eigenvalue weighted by atomic mass is 79.9. The van der Waals surface area contributed by atoms with Gasteiger partial charge < -0.3 is 5.73 Å². The van der Waals surface area contributed by atoms with E-state index in [0.29, 0.717) is 15.7 Å². The molecule has 2 rings (SSSR count). The molecule has 0 aromatic heterocycles. The molecule has 3 N–H and O–H groups in total. The number of rotatable bonds is 3. The van der Waals surface area contributed by atoms with Crippen LogP contribution in [-0.4, -0.2) is 8.42 Å². The fraction of sp³-hybridized carbons (Fsp3) is 0.0714. The van der Waals surface area contributed by atoms with Gasteiger partial charge in [-0.15, -0.1) is 0 Å². The van der Waals surface area contributed by atoms with Gasteiger partial charge >= 0.3 is 0 Å². The zero-order chi connectivity index (χ0) is 15.6. The molecule has 0 saturated heterocycles. The van der Waals surface area contributed by atoms with Crippen LogP contribution in [0.1, 0.15) is 11.1 Å². The van der Waals surface area contributed by atoms with E-state index in [1.165, 1.54) is 18.2 Å². The molecule has 0 amide bonds. The first kappa shape index (κ1) is 15.4. The number of nitrogen functional groups attached to an aromatic ring is 1. The minimum absolute atomic E-state index is 0.128. The normalized spacial score (nSPS) is 10.9. The minimum atomic E-state index is -3.78. The summed E-state index contributed by atoms with van der Waals surface area (Å²) in [5.41, 5.74) is 7.13. The second kappa shape index (κ2) is 5.76. The molecular formula is C14H12BrN3O2S. The number of halogens is 1. The maximum absolute atomic E-state index is 12.4. The molecule has 0 bridgehead atoms. The molecule has 0 spiro atoms. The van der Waals surface area contributed by atoms with Crippen LogP contribution in [0.15, 0.2) is 45.8 Å². The SMILES string of the molecule is Cc1cc(N)ccc1S(=O)(=O)Nc1ccc(Br)cc1C#N. The number of hydrogen-bond acceptors (Lipinski definition) is 4. The van der Waals surface area contributed by atoms with Crippen molar-refractivity contribution in [2.75, 3.05) is 10.5 Å². The standard InChI is InChI=1S/C14H12BrN3O2S/c1-9-6-12(17)3-5-14(9)21(19,20)18-13-4-2-11(15)7-10(13)8-16/h2-7,18H,17H2,1H3. The Labute approximate surface area is 131 Å². The van der Waals surface area contributed by atoms with E-state index < -0.39 is 10.0 Å². The largest absolute Gasteiger partial charge is 0.399 e. The van der Waals surface area contributed by atoms with Crippen molar-refractivity contribution in [3.63, 3.8) is 0 Å². The van der Waals surface area contributed by atoms with Crippen molar-refractivity contribution in [2.45, 2.75) is 11.8 Å². The van der Waals surface area contributed by atoms with Crippen LogP contribution in [0.2, 0.25) is 0 Å². The summed E-state index contributed by atoms with van der Waals surface area (Å²) < 4.78 is 28.0. The molecule has 108 valence electrons. The fourth-order valence-electron chi connectivity index (χ4n) is 1.87. The van der Waals surface area contributed by atoms with Crippen LogP contribution in [-0.2, 0) is 10.0 Å². The highest BCUT2D eigenvalue weighted by Gasteiger charge is 2.18. The number of sulfonamides is 1. The molecule has 0 aliphatic carbocycles. The van der Waals surface area contributed by atoms with E-state index in [2.05, 4.69) is 20.7 Å². The summed E-state index contributed by atoms with van der Waals surface area (Å²) in [7, 11) is -3.78. The quantitative estimate of drug-likeness (QED) is 0.817. The number of nitriles is 1. The predicted octanol–water partition coefficient (Wildman–Crippen LogP) is 3.01. The Morgan fingerprint density at radius 2 is 1.95 bits per heavy atom. The molecule has 2 aromatic rings. The summed E-state index contributed by atoms with van der Waals surface area (Å²) >= 11 is 3.24. The molecule has 0 aliphatic heterocycles. The highest BCUT2D eigenvalue weighted by Crippen LogP contribution is 2.25. The summed E-state index contributed by atoms with van der Waals surface area (Å²) in [6.07, 6.45) is 0. The molecule has 21 heavy (non-hydrogen) atoms. The van der Waals surface area contributed by atoms with Crippen LogP contribution in [0.25, 0.3) is 0 Å². The maximum Gasteiger partial charge on any atom is 0.262 e. The molecule has 0 atom stereocenters. The molecule has 0 radical (unpaired) electrons. The third-order valence-electron chi connectivity index (χ3n) is 2.83. The van der Waals surface area contributed by atoms with Gasteiger partial charge in [0.05, 0.1) is 16.1 Å². The zero-order valence-corrected chi connectivity index (χ0v) is 13.5. The molecule has 0 unspecified atom stereocenters. The van der Waals surface area contributed by atoms with Gasteiger partial charge in [-0.3, -0.25) is 4.72 Å².